The van der Waals surface area contributed by atoms with Crippen molar-refractivity contribution in [1.82, 2.24) is 15.1 Å². The van der Waals surface area contributed by atoms with Gasteiger partial charge in [-0.2, -0.15) is 0 Å². The summed E-state index contributed by atoms with van der Waals surface area (Å²) >= 11 is 0. The summed E-state index contributed by atoms with van der Waals surface area (Å²) in [7, 11) is 0. The summed E-state index contributed by atoms with van der Waals surface area (Å²) in [5, 5.41) is 3.00. The van der Waals surface area contributed by atoms with Gasteiger partial charge in [-0.3, -0.25) is 14.5 Å². The second-order valence-electron chi connectivity index (χ2n) is 10.6. The SMILES string of the molecule is O=C1NC(Cc2ccccc2)(c2ccccc2)C(=O)N1CC(=O)N(C1CCCCC1)C1CCCCC1. The van der Waals surface area contributed by atoms with Crippen molar-refractivity contribution in [2.75, 3.05) is 6.54 Å². The molecule has 0 spiro atoms. The van der Waals surface area contributed by atoms with E-state index in [1.807, 2.05) is 60.7 Å². The van der Waals surface area contributed by atoms with Gasteiger partial charge in [0.1, 0.15) is 6.54 Å². The smallest absolute Gasteiger partial charge is 0.325 e. The van der Waals surface area contributed by atoms with Gasteiger partial charge in [0.05, 0.1) is 0 Å². The van der Waals surface area contributed by atoms with Crippen LogP contribution in [0.1, 0.15) is 75.3 Å². The van der Waals surface area contributed by atoms with Crippen LogP contribution in [0.15, 0.2) is 60.7 Å². The van der Waals surface area contributed by atoms with Crippen LogP contribution in [0, 0.1) is 0 Å². The minimum atomic E-state index is -1.22. The van der Waals surface area contributed by atoms with Gasteiger partial charge >= 0.3 is 6.03 Å². The van der Waals surface area contributed by atoms with E-state index in [9.17, 15) is 14.4 Å². The third-order valence-corrected chi connectivity index (χ3v) is 8.27. The highest BCUT2D eigenvalue weighted by atomic mass is 16.2. The minimum Gasteiger partial charge on any atom is -0.335 e. The van der Waals surface area contributed by atoms with Crippen molar-refractivity contribution < 1.29 is 14.4 Å². The normalized spacial score (nSPS) is 23.5. The van der Waals surface area contributed by atoms with Crippen molar-refractivity contribution in [3.05, 3.63) is 71.8 Å². The van der Waals surface area contributed by atoms with Crippen LogP contribution >= 0.6 is 0 Å². The van der Waals surface area contributed by atoms with E-state index >= 15 is 0 Å². The molecule has 3 fully saturated rings. The lowest BCUT2D eigenvalue weighted by atomic mass is 9.83. The Labute approximate surface area is 214 Å². The molecule has 4 amide bonds. The van der Waals surface area contributed by atoms with Crippen LogP contribution in [0.25, 0.3) is 0 Å². The Morgan fingerprint density at radius 1 is 0.806 bits per heavy atom. The molecule has 1 N–H and O–H groups in total. The van der Waals surface area contributed by atoms with Gasteiger partial charge in [-0.05, 0) is 36.8 Å². The number of benzene rings is 2. The molecule has 1 unspecified atom stereocenters. The number of imide groups is 1. The number of hydrogen-bond donors (Lipinski definition) is 1. The molecule has 1 heterocycles. The summed E-state index contributed by atoms with van der Waals surface area (Å²) < 4.78 is 0. The summed E-state index contributed by atoms with van der Waals surface area (Å²) in [6.07, 6.45) is 11.4. The van der Waals surface area contributed by atoms with Gasteiger partial charge in [-0.1, -0.05) is 99.2 Å². The maximum absolute atomic E-state index is 14.0. The van der Waals surface area contributed by atoms with E-state index in [0.717, 1.165) is 67.4 Å². The molecule has 3 aliphatic rings. The van der Waals surface area contributed by atoms with Crippen molar-refractivity contribution in [3.63, 3.8) is 0 Å². The quantitative estimate of drug-likeness (QED) is 0.548. The molecule has 1 saturated heterocycles. The van der Waals surface area contributed by atoms with E-state index in [0.29, 0.717) is 6.42 Å². The van der Waals surface area contributed by atoms with E-state index in [1.165, 1.54) is 12.8 Å². The first-order chi connectivity index (χ1) is 17.6. The van der Waals surface area contributed by atoms with Gasteiger partial charge in [0.25, 0.3) is 5.91 Å². The fraction of sp³-hybridized carbons (Fsp3) is 0.500. The molecular formula is C30H37N3O3. The van der Waals surface area contributed by atoms with E-state index in [-0.39, 0.29) is 30.4 Å². The Bertz CT molecular complexity index is 1040. The monoisotopic (exact) mass is 487 g/mol. The zero-order valence-electron chi connectivity index (χ0n) is 21.0. The van der Waals surface area contributed by atoms with Crippen molar-refractivity contribution in [2.45, 2.75) is 88.3 Å². The number of carbonyl (C=O) groups is 3. The predicted octanol–water partition coefficient (Wildman–Crippen LogP) is 5.17. The van der Waals surface area contributed by atoms with E-state index < -0.39 is 11.6 Å². The molecule has 190 valence electrons. The Kier molecular flexibility index (Phi) is 7.40. The standard InChI is InChI=1S/C30H37N3O3/c34-27(33(25-17-9-3-10-18-25)26-19-11-4-12-20-26)22-32-28(35)30(31-29(32)36,24-15-7-2-8-16-24)21-23-13-5-1-6-14-23/h1-2,5-8,13-16,25-26H,3-4,9-12,17-22H2,(H,31,36). The average Bonchev–Trinajstić information content (AvgIpc) is 3.16. The summed E-state index contributed by atoms with van der Waals surface area (Å²) in [5.41, 5.74) is 0.466. The van der Waals surface area contributed by atoms with Crippen LogP contribution in [0.4, 0.5) is 4.79 Å². The highest BCUT2D eigenvalue weighted by Crippen LogP contribution is 2.34. The van der Waals surface area contributed by atoms with Crippen LogP contribution in [-0.4, -0.2) is 46.3 Å². The number of amides is 4. The average molecular weight is 488 g/mol. The summed E-state index contributed by atoms with van der Waals surface area (Å²) in [6.45, 7) is -0.193. The lowest BCUT2D eigenvalue weighted by molar-refractivity contribution is -0.143. The molecular weight excluding hydrogens is 450 g/mol. The van der Waals surface area contributed by atoms with Gasteiger partial charge < -0.3 is 10.2 Å². The van der Waals surface area contributed by atoms with Crippen LogP contribution < -0.4 is 5.32 Å². The Balaban J connectivity index is 1.42. The summed E-state index contributed by atoms with van der Waals surface area (Å²) in [5.74, 6) is -0.427. The zero-order valence-corrected chi connectivity index (χ0v) is 21.0. The van der Waals surface area contributed by atoms with Gasteiger partial charge in [0, 0.05) is 18.5 Å². The number of urea groups is 1. The minimum absolute atomic E-state index is 0.0825. The maximum Gasteiger partial charge on any atom is 0.325 e. The van der Waals surface area contributed by atoms with Crippen molar-refractivity contribution in [1.29, 1.82) is 0 Å². The third-order valence-electron chi connectivity index (χ3n) is 8.27. The zero-order chi connectivity index (χ0) is 25.0. The molecule has 0 aromatic heterocycles. The molecule has 0 bridgehead atoms. The third kappa shape index (κ3) is 4.91. The molecule has 0 radical (unpaired) electrons. The van der Waals surface area contributed by atoms with E-state index in [1.54, 1.807) is 0 Å². The van der Waals surface area contributed by atoms with E-state index in [4.69, 9.17) is 0 Å². The Morgan fingerprint density at radius 3 is 1.89 bits per heavy atom. The van der Waals surface area contributed by atoms with Crippen LogP contribution in [0.3, 0.4) is 0 Å². The largest absolute Gasteiger partial charge is 0.335 e. The van der Waals surface area contributed by atoms with Gasteiger partial charge in [-0.25, -0.2) is 4.79 Å². The fourth-order valence-electron chi connectivity index (χ4n) is 6.45. The van der Waals surface area contributed by atoms with Crippen molar-refractivity contribution in [2.24, 2.45) is 0 Å². The Hall–Kier alpha value is -3.15. The van der Waals surface area contributed by atoms with Crippen molar-refractivity contribution in [3.8, 4) is 0 Å². The molecule has 6 nitrogen and oxygen atoms in total. The summed E-state index contributed by atoms with van der Waals surface area (Å²) in [6, 6.07) is 19.1. The van der Waals surface area contributed by atoms with Gasteiger partial charge in [-0.15, -0.1) is 0 Å². The lowest BCUT2D eigenvalue weighted by Crippen LogP contribution is -2.53. The van der Waals surface area contributed by atoms with Gasteiger partial charge in [0.15, 0.2) is 5.54 Å². The lowest BCUT2D eigenvalue weighted by Gasteiger charge is -2.42. The number of hydrogen-bond acceptors (Lipinski definition) is 3. The topological polar surface area (TPSA) is 69.7 Å². The number of carbonyl (C=O) groups excluding carboxylic acids is 3. The van der Waals surface area contributed by atoms with Crippen LogP contribution in [0.2, 0.25) is 0 Å². The second kappa shape index (κ2) is 10.9. The van der Waals surface area contributed by atoms with E-state index in [2.05, 4.69) is 10.2 Å². The molecule has 6 heteroatoms. The highest BCUT2D eigenvalue weighted by molar-refractivity contribution is 6.09. The first kappa shape index (κ1) is 24.5. The molecule has 2 saturated carbocycles. The molecule has 1 aliphatic heterocycles. The molecule has 36 heavy (non-hydrogen) atoms. The highest BCUT2D eigenvalue weighted by Gasteiger charge is 2.53. The molecule has 2 aromatic rings. The molecule has 5 rings (SSSR count). The number of nitrogens with zero attached hydrogens (tertiary/aromatic N) is 2. The maximum atomic E-state index is 14.0. The first-order valence-corrected chi connectivity index (χ1v) is 13.6. The van der Waals surface area contributed by atoms with Crippen LogP contribution in [-0.2, 0) is 21.5 Å². The second-order valence-corrected chi connectivity index (χ2v) is 10.6. The molecule has 2 aromatic carbocycles. The predicted molar refractivity (Wildman–Crippen MR) is 139 cm³/mol. The first-order valence-electron chi connectivity index (χ1n) is 13.6. The molecule has 2 aliphatic carbocycles. The molecule has 1 atom stereocenters. The van der Waals surface area contributed by atoms with Crippen molar-refractivity contribution >= 4 is 17.8 Å². The number of rotatable bonds is 7. The van der Waals surface area contributed by atoms with Gasteiger partial charge in [0.2, 0.25) is 5.91 Å². The Morgan fingerprint density at radius 2 is 1.33 bits per heavy atom. The number of nitrogens with one attached hydrogen (secondary N) is 1. The summed E-state index contributed by atoms with van der Waals surface area (Å²) in [4.78, 5) is 44.4. The fourth-order valence-corrected chi connectivity index (χ4v) is 6.45. The van der Waals surface area contributed by atoms with Crippen LogP contribution in [0.5, 0.6) is 0 Å².